The van der Waals surface area contributed by atoms with Gasteiger partial charge in [0.2, 0.25) is 0 Å². The Morgan fingerprint density at radius 2 is 1.96 bits per heavy atom. The molecule has 1 saturated carbocycles. The van der Waals surface area contributed by atoms with Crippen LogP contribution in [0.25, 0.3) is 10.9 Å². The van der Waals surface area contributed by atoms with E-state index in [0.29, 0.717) is 41.0 Å². The van der Waals surface area contributed by atoms with E-state index in [-0.39, 0.29) is 17.3 Å². The van der Waals surface area contributed by atoms with E-state index < -0.39 is 23.4 Å². The Kier molecular flexibility index (Phi) is 3.81. The van der Waals surface area contributed by atoms with Crippen molar-refractivity contribution in [1.29, 1.82) is 0 Å². The van der Waals surface area contributed by atoms with Crippen molar-refractivity contribution >= 4 is 16.6 Å². The summed E-state index contributed by atoms with van der Waals surface area (Å²) in [6, 6.07) is 1.09. The second kappa shape index (κ2) is 5.82. The zero-order valence-corrected chi connectivity index (χ0v) is 14.4. The molecule has 2 fully saturated rings. The number of fused-ring (bicyclic) bond motifs is 1. The van der Waals surface area contributed by atoms with E-state index >= 15 is 0 Å². The van der Waals surface area contributed by atoms with Crippen LogP contribution in [0, 0.1) is 18.7 Å². The number of halogens is 1. The lowest BCUT2D eigenvalue weighted by Crippen LogP contribution is -2.44. The van der Waals surface area contributed by atoms with E-state index in [0.717, 1.165) is 18.9 Å². The van der Waals surface area contributed by atoms with Crippen LogP contribution in [-0.2, 0) is 0 Å². The highest BCUT2D eigenvalue weighted by Gasteiger charge is 2.33. The number of rotatable bonds is 3. The largest absolute Gasteiger partial charge is 0.368 e. The van der Waals surface area contributed by atoms with E-state index in [4.69, 9.17) is 5.84 Å². The second-order valence-corrected chi connectivity index (χ2v) is 7.20. The van der Waals surface area contributed by atoms with Crippen LogP contribution >= 0.6 is 0 Å². The SMILES string of the molecule is Cc1c(N2CCC(C(O)O)C2)c(F)cc2c(=O)n(N)c(=O)n(C3CC3)c12. The number of hydrogen-bond donors (Lipinski definition) is 3. The fourth-order valence-corrected chi connectivity index (χ4v) is 3.95. The molecule has 2 aliphatic rings. The van der Waals surface area contributed by atoms with Crippen molar-refractivity contribution in [2.75, 3.05) is 23.8 Å². The fourth-order valence-electron chi connectivity index (χ4n) is 3.95. The van der Waals surface area contributed by atoms with Gasteiger partial charge in [-0.15, -0.1) is 0 Å². The molecule has 140 valence electrons. The van der Waals surface area contributed by atoms with Gasteiger partial charge in [-0.1, -0.05) is 0 Å². The molecule has 4 rings (SSSR count). The first-order valence-electron chi connectivity index (χ1n) is 8.67. The Morgan fingerprint density at radius 1 is 1.27 bits per heavy atom. The van der Waals surface area contributed by atoms with E-state index in [2.05, 4.69) is 0 Å². The summed E-state index contributed by atoms with van der Waals surface area (Å²) in [7, 11) is 0. The van der Waals surface area contributed by atoms with Gasteiger partial charge >= 0.3 is 5.69 Å². The van der Waals surface area contributed by atoms with Gasteiger partial charge in [-0.05, 0) is 32.3 Å². The molecule has 0 bridgehead atoms. The van der Waals surface area contributed by atoms with Gasteiger partial charge in [0.05, 0.1) is 16.6 Å². The Morgan fingerprint density at radius 3 is 2.54 bits per heavy atom. The minimum absolute atomic E-state index is 0.0389. The van der Waals surface area contributed by atoms with E-state index in [1.807, 2.05) is 0 Å². The molecular formula is C17H21FN4O4. The van der Waals surface area contributed by atoms with Crippen LogP contribution < -0.4 is 22.0 Å². The monoisotopic (exact) mass is 364 g/mol. The van der Waals surface area contributed by atoms with Gasteiger partial charge in [0.1, 0.15) is 5.82 Å². The quantitative estimate of drug-likeness (QED) is 0.513. The summed E-state index contributed by atoms with van der Waals surface area (Å²) in [5.41, 5.74) is -0.122. The predicted molar refractivity (Wildman–Crippen MR) is 94.1 cm³/mol. The summed E-state index contributed by atoms with van der Waals surface area (Å²) in [6.07, 6.45) is 0.677. The highest BCUT2D eigenvalue weighted by Crippen LogP contribution is 2.39. The highest BCUT2D eigenvalue weighted by molar-refractivity contribution is 5.87. The number of nitrogens with zero attached hydrogens (tertiary/aromatic N) is 3. The molecule has 1 unspecified atom stereocenters. The maximum atomic E-state index is 14.9. The van der Waals surface area contributed by atoms with Gasteiger partial charge in [-0.25, -0.2) is 9.18 Å². The van der Waals surface area contributed by atoms with Crippen LogP contribution in [0.2, 0.25) is 0 Å². The second-order valence-electron chi connectivity index (χ2n) is 7.20. The lowest BCUT2D eigenvalue weighted by molar-refractivity contribution is -0.0772. The van der Waals surface area contributed by atoms with Crippen LogP contribution in [0.15, 0.2) is 15.7 Å². The molecule has 1 saturated heterocycles. The Balaban J connectivity index is 1.97. The minimum Gasteiger partial charge on any atom is -0.368 e. The van der Waals surface area contributed by atoms with E-state index in [1.165, 1.54) is 4.57 Å². The van der Waals surface area contributed by atoms with Crippen molar-refractivity contribution in [3.63, 3.8) is 0 Å². The number of aliphatic hydroxyl groups is 2. The van der Waals surface area contributed by atoms with Crippen molar-refractivity contribution in [2.24, 2.45) is 5.92 Å². The lowest BCUT2D eigenvalue weighted by Gasteiger charge is -2.24. The molecule has 1 aliphatic heterocycles. The number of nitrogens with two attached hydrogens (primary N) is 1. The average Bonchev–Trinajstić information content (AvgIpc) is 3.30. The molecule has 1 atom stereocenters. The maximum absolute atomic E-state index is 14.9. The van der Waals surface area contributed by atoms with Crippen molar-refractivity contribution in [3.05, 3.63) is 38.3 Å². The summed E-state index contributed by atoms with van der Waals surface area (Å²) < 4.78 is 16.9. The van der Waals surface area contributed by atoms with Crippen molar-refractivity contribution in [2.45, 2.75) is 38.5 Å². The molecule has 8 nitrogen and oxygen atoms in total. The van der Waals surface area contributed by atoms with E-state index in [1.54, 1.807) is 11.8 Å². The topological polar surface area (TPSA) is 114 Å². The third-order valence-corrected chi connectivity index (χ3v) is 5.44. The first-order chi connectivity index (χ1) is 12.3. The summed E-state index contributed by atoms with van der Waals surface area (Å²) in [5.74, 6) is 4.66. The number of nitrogen functional groups attached to an aromatic ring is 1. The highest BCUT2D eigenvalue weighted by atomic mass is 19.1. The summed E-state index contributed by atoms with van der Waals surface area (Å²) in [4.78, 5) is 26.7. The zero-order valence-electron chi connectivity index (χ0n) is 14.4. The lowest BCUT2D eigenvalue weighted by atomic mass is 10.1. The van der Waals surface area contributed by atoms with Crippen molar-refractivity contribution in [1.82, 2.24) is 9.24 Å². The fraction of sp³-hybridized carbons (Fsp3) is 0.529. The average molecular weight is 364 g/mol. The maximum Gasteiger partial charge on any atom is 0.350 e. The van der Waals surface area contributed by atoms with E-state index in [9.17, 15) is 24.2 Å². The third kappa shape index (κ3) is 2.42. The molecule has 0 radical (unpaired) electrons. The van der Waals surface area contributed by atoms with Gasteiger partial charge in [0, 0.05) is 30.6 Å². The molecule has 2 aromatic rings. The number of aryl methyl sites for hydroxylation is 1. The molecule has 0 amide bonds. The van der Waals surface area contributed by atoms with Crippen LogP contribution in [0.5, 0.6) is 0 Å². The first kappa shape index (κ1) is 17.0. The smallest absolute Gasteiger partial charge is 0.350 e. The summed E-state index contributed by atoms with van der Waals surface area (Å²) in [5, 5.41) is 18.9. The van der Waals surface area contributed by atoms with Crippen LogP contribution in [0.1, 0.15) is 30.9 Å². The van der Waals surface area contributed by atoms with Crippen LogP contribution in [-0.4, -0.2) is 38.8 Å². The molecule has 26 heavy (non-hydrogen) atoms. The molecule has 1 aromatic carbocycles. The van der Waals surface area contributed by atoms with Gasteiger partial charge in [0.15, 0.2) is 6.29 Å². The molecule has 2 heterocycles. The number of benzene rings is 1. The number of aliphatic hydroxyl groups excluding tert-OH is 1. The molecule has 0 spiro atoms. The molecule has 1 aliphatic carbocycles. The van der Waals surface area contributed by atoms with Crippen molar-refractivity contribution in [3.8, 4) is 0 Å². The molecule has 9 heteroatoms. The summed E-state index contributed by atoms with van der Waals surface area (Å²) >= 11 is 0. The number of hydrogen-bond acceptors (Lipinski definition) is 6. The van der Waals surface area contributed by atoms with Gasteiger partial charge in [-0.2, -0.15) is 4.68 Å². The van der Waals surface area contributed by atoms with Crippen molar-refractivity contribution < 1.29 is 14.6 Å². The van der Waals surface area contributed by atoms with Gasteiger partial charge < -0.3 is 21.0 Å². The molecular weight excluding hydrogens is 343 g/mol. The Labute approximate surface area is 147 Å². The number of anilines is 1. The molecule has 1 aromatic heterocycles. The first-order valence-corrected chi connectivity index (χ1v) is 8.67. The zero-order chi connectivity index (χ0) is 18.7. The summed E-state index contributed by atoms with van der Waals surface area (Å²) in [6.45, 7) is 2.44. The minimum atomic E-state index is -1.46. The van der Waals surface area contributed by atoms with Crippen LogP contribution in [0.3, 0.4) is 0 Å². The normalized spacial score (nSPS) is 20.5. The third-order valence-electron chi connectivity index (χ3n) is 5.44. The predicted octanol–water partition coefficient (Wildman–Crippen LogP) is -0.204. The Bertz CT molecular complexity index is 1010. The molecule has 4 N–H and O–H groups in total. The standard InChI is InChI=1S/C17H21FN4O4/c1-8-13-11(15(23)22(19)17(26)21(13)10-2-3-10)6-12(18)14(8)20-5-4-9(7-20)16(24)25/h6,9-10,16,24-25H,2-5,7,19H2,1H3. The Hall–Kier alpha value is -2.39. The van der Waals surface area contributed by atoms with Gasteiger partial charge in [-0.3, -0.25) is 9.36 Å². The number of aromatic nitrogens is 2. The van der Waals surface area contributed by atoms with Crippen LogP contribution in [0.4, 0.5) is 10.1 Å². The van der Waals surface area contributed by atoms with Gasteiger partial charge in [0.25, 0.3) is 5.56 Å².